The molecule has 8 heteroatoms. The van der Waals surface area contributed by atoms with Crippen molar-refractivity contribution in [2.75, 3.05) is 17.2 Å². The van der Waals surface area contributed by atoms with Crippen molar-refractivity contribution >= 4 is 40.9 Å². The first kappa shape index (κ1) is 18.5. The highest BCUT2D eigenvalue weighted by Gasteiger charge is 2.29. The Morgan fingerprint density at radius 1 is 1.22 bits per heavy atom. The van der Waals surface area contributed by atoms with Gasteiger partial charge >= 0.3 is 5.97 Å². The van der Waals surface area contributed by atoms with Crippen molar-refractivity contribution < 1.29 is 19.1 Å². The number of benzene rings is 2. The second-order valence-electron chi connectivity index (χ2n) is 5.70. The Morgan fingerprint density at radius 2 is 2.04 bits per heavy atom. The highest BCUT2D eigenvalue weighted by Crippen LogP contribution is 2.36. The molecule has 0 aromatic heterocycles. The van der Waals surface area contributed by atoms with Crippen molar-refractivity contribution in [1.29, 1.82) is 5.26 Å². The maximum Gasteiger partial charge on any atom is 0.307 e. The number of anilines is 2. The van der Waals surface area contributed by atoms with E-state index < -0.39 is 23.7 Å². The highest BCUT2D eigenvalue weighted by atomic mass is 32.2. The van der Waals surface area contributed by atoms with Crippen LogP contribution in [0.5, 0.6) is 0 Å². The summed E-state index contributed by atoms with van der Waals surface area (Å²) in [5, 5.41) is 13.5. The van der Waals surface area contributed by atoms with Gasteiger partial charge in [0.25, 0.3) is 5.91 Å². The number of thioether (sulfide) groups is 1. The van der Waals surface area contributed by atoms with E-state index in [2.05, 4.69) is 10.6 Å². The highest BCUT2D eigenvalue weighted by molar-refractivity contribution is 8.01. The zero-order valence-corrected chi connectivity index (χ0v) is 14.9. The number of nitrogens with zero attached hydrogens (tertiary/aromatic N) is 1. The van der Waals surface area contributed by atoms with Gasteiger partial charge in [-0.25, -0.2) is 0 Å². The van der Waals surface area contributed by atoms with Gasteiger partial charge in [0.1, 0.15) is 0 Å². The van der Waals surface area contributed by atoms with Crippen LogP contribution in [0.3, 0.4) is 0 Å². The number of ether oxygens (including phenoxy) is 1. The molecule has 3 rings (SSSR count). The second kappa shape index (κ2) is 8.38. The first-order chi connectivity index (χ1) is 13.0. The number of amides is 2. The fourth-order valence-electron chi connectivity index (χ4n) is 2.45. The lowest BCUT2D eigenvalue weighted by molar-refractivity contribution is -0.147. The summed E-state index contributed by atoms with van der Waals surface area (Å²) in [6.45, 7) is -0.467. The van der Waals surface area contributed by atoms with Crippen LogP contribution in [0, 0.1) is 11.3 Å². The Morgan fingerprint density at radius 3 is 2.85 bits per heavy atom. The lowest BCUT2D eigenvalue weighted by Crippen LogP contribution is -2.32. The van der Waals surface area contributed by atoms with Crippen LogP contribution in [0.1, 0.15) is 12.0 Å². The molecule has 1 atom stereocenters. The first-order valence-corrected chi connectivity index (χ1v) is 8.95. The van der Waals surface area contributed by atoms with E-state index >= 15 is 0 Å². The van der Waals surface area contributed by atoms with E-state index in [9.17, 15) is 14.4 Å². The van der Waals surface area contributed by atoms with E-state index in [-0.39, 0.29) is 12.3 Å². The van der Waals surface area contributed by atoms with Crippen molar-refractivity contribution in [2.24, 2.45) is 0 Å². The molecular formula is C19H15N3O4S. The smallest absolute Gasteiger partial charge is 0.307 e. The summed E-state index contributed by atoms with van der Waals surface area (Å²) >= 11 is 1.29. The van der Waals surface area contributed by atoms with E-state index in [4.69, 9.17) is 10.00 Å². The van der Waals surface area contributed by atoms with Crippen molar-refractivity contribution in [3.05, 3.63) is 54.1 Å². The minimum absolute atomic E-state index is 0.137. The van der Waals surface area contributed by atoms with Gasteiger partial charge in [0.15, 0.2) is 6.61 Å². The molecule has 0 spiro atoms. The lowest BCUT2D eigenvalue weighted by Gasteiger charge is -2.23. The number of hydrogen-bond acceptors (Lipinski definition) is 6. The topological polar surface area (TPSA) is 108 Å². The molecule has 7 nitrogen and oxygen atoms in total. The number of esters is 1. The van der Waals surface area contributed by atoms with Gasteiger partial charge in [0.2, 0.25) is 5.91 Å². The Hall–Kier alpha value is -3.31. The maximum atomic E-state index is 12.1. The average molecular weight is 381 g/mol. The monoisotopic (exact) mass is 381 g/mol. The molecule has 0 radical (unpaired) electrons. The van der Waals surface area contributed by atoms with Gasteiger partial charge in [0.05, 0.1) is 29.0 Å². The fraction of sp³-hybridized carbons (Fsp3) is 0.158. The van der Waals surface area contributed by atoms with Gasteiger partial charge < -0.3 is 15.4 Å². The third kappa shape index (κ3) is 4.86. The van der Waals surface area contributed by atoms with E-state index in [0.29, 0.717) is 11.3 Å². The number of rotatable bonds is 5. The third-order valence-electron chi connectivity index (χ3n) is 3.70. The van der Waals surface area contributed by atoms with Gasteiger partial charge in [-0.2, -0.15) is 5.26 Å². The van der Waals surface area contributed by atoms with Gasteiger partial charge in [-0.15, -0.1) is 11.8 Å². The number of nitriles is 1. The molecule has 0 saturated heterocycles. The predicted molar refractivity (Wildman–Crippen MR) is 100 cm³/mol. The van der Waals surface area contributed by atoms with Gasteiger partial charge in [-0.05, 0) is 30.3 Å². The minimum atomic E-state index is -0.636. The van der Waals surface area contributed by atoms with Crippen molar-refractivity contribution in [3.63, 3.8) is 0 Å². The molecule has 2 aromatic rings. The quantitative estimate of drug-likeness (QED) is 0.771. The van der Waals surface area contributed by atoms with Crippen LogP contribution < -0.4 is 10.6 Å². The molecule has 136 valence electrons. The molecule has 2 amide bonds. The van der Waals surface area contributed by atoms with Gasteiger partial charge in [-0.1, -0.05) is 18.2 Å². The normalized spacial score (nSPS) is 15.1. The van der Waals surface area contributed by atoms with E-state index in [0.717, 1.165) is 10.6 Å². The summed E-state index contributed by atoms with van der Waals surface area (Å²) < 4.78 is 4.96. The molecule has 2 N–H and O–H groups in total. The molecule has 0 unspecified atom stereocenters. The summed E-state index contributed by atoms with van der Waals surface area (Å²) in [5.74, 6) is -1.43. The standard InChI is InChI=1S/C19H15N3O4S/c20-10-12-4-3-5-13(8-12)21-17(23)11-26-18(24)9-16-19(25)22-14-6-1-2-7-15(14)27-16/h1-8,16H,9,11H2,(H,21,23)(H,22,25)/t16-/m0/s1. The average Bonchev–Trinajstić information content (AvgIpc) is 2.67. The summed E-state index contributed by atoms with van der Waals surface area (Å²) in [6.07, 6.45) is -0.137. The SMILES string of the molecule is N#Cc1cccc(NC(=O)COC(=O)C[C@@H]2Sc3ccccc3NC2=O)c1. The third-order valence-corrected chi connectivity index (χ3v) is 4.97. The Labute approximate surface area is 159 Å². The zero-order valence-electron chi connectivity index (χ0n) is 14.1. The molecule has 0 fully saturated rings. The summed E-state index contributed by atoms with van der Waals surface area (Å²) in [7, 11) is 0. The van der Waals surface area contributed by atoms with Gasteiger partial charge in [-0.3, -0.25) is 14.4 Å². The van der Waals surface area contributed by atoms with Crippen molar-refractivity contribution in [1.82, 2.24) is 0 Å². The number of para-hydroxylation sites is 1. The van der Waals surface area contributed by atoms with E-state index in [1.54, 1.807) is 24.3 Å². The molecule has 0 bridgehead atoms. The molecule has 1 aliphatic heterocycles. The molecular weight excluding hydrogens is 366 g/mol. The molecule has 0 saturated carbocycles. The Bertz CT molecular complexity index is 939. The number of hydrogen-bond donors (Lipinski definition) is 2. The van der Waals surface area contributed by atoms with Crippen LogP contribution in [0.4, 0.5) is 11.4 Å². The molecule has 2 aromatic carbocycles. The van der Waals surface area contributed by atoms with E-state index in [1.165, 1.54) is 17.8 Å². The van der Waals surface area contributed by atoms with Gasteiger partial charge in [0, 0.05) is 10.6 Å². The van der Waals surface area contributed by atoms with Crippen LogP contribution in [0.15, 0.2) is 53.4 Å². The van der Waals surface area contributed by atoms with Crippen LogP contribution in [-0.2, 0) is 19.1 Å². The van der Waals surface area contributed by atoms with Crippen molar-refractivity contribution in [2.45, 2.75) is 16.6 Å². The van der Waals surface area contributed by atoms with Crippen LogP contribution in [0.2, 0.25) is 0 Å². The largest absolute Gasteiger partial charge is 0.456 e. The predicted octanol–water partition coefficient (Wildman–Crippen LogP) is 2.54. The molecule has 1 aliphatic rings. The summed E-state index contributed by atoms with van der Waals surface area (Å²) in [5.41, 5.74) is 1.57. The van der Waals surface area contributed by atoms with Crippen LogP contribution >= 0.6 is 11.8 Å². The van der Waals surface area contributed by atoms with Crippen LogP contribution in [0.25, 0.3) is 0 Å². The summed E-state index contributed by atoms with van der Waals surface area (Å²) in [4.78, 5) is 36.8. The van der Waals surface area contributed by atoms with Crippen molar-refractivity contribution in [3.8, 4) is 6.07 Å². The Kier molecular flexibility index (Phi) is 5.74. The summed E-state index contributed by atoms with van der Waals surface area (Å²) in [6, 6.07) is 15.7. The molecule has 1 heterocycles. The fourth-order valence-corrected chi connectivity index (χ4v) is 3.54. The second-order valence-corrected chi connectivity index (χ2v) is 6.94. The Balaban J connectivity index is 1.49. The zero-order chi connectivity index (χ0) is 19.2. The minimum Gasteiger partial charge on any atom is -0.456 e. The maximum absolute atomic E-state index is 12.1. The molecule has 0 aliphatic carbocycles. The molecule has 27 heavy (non-hydrogen) atoms. The first-order valence-electron chi connectivity index (χ1n) is 8.07. The number of carbonyl (C=O) groups excluding carboxylic acids is 3. The number of nitrogens with one attached hydrogen (secondary N) is 2. The van der Waals surface area contributed by atoms with Crippen LogP contribution in [-0.4, -0.2) is 29.6 Å². The number of fused-ring (bicyclic) bond motifs is 1. The lowest BCUT2D eigenvalue weighted by atomic mass is 10.2. The number of carbonyl (C=O) groups is 3. The van der Waals surface area contributed by atoms with E-state index in [1.807, 2.05) is 24.3 Å².